The van der Waals surface area contributed by atoms with E-state index in [0.717, 1.165) is 45.6 Å². The van der Waals surface area contributed by atoms with Crippen molar-refractivity contribution in [1.29, 1.82) is 0 Å². The maximum absolute atomic E-state index is 14.1. The van der Waals surface area contributed by atoms with E-state index in [1.54, 1.807) is 0 Å². The number of amides is 1. The van der Waals surface area contributed by atoms with E-state index >= 15 is 0 Å². The third-order valence-corrected chi connectivity index (χ3v) is 9.64. The molecular formula is C35H42N2O. The fourth-order valence-electron chi connectivity index (χ4n) is 7.58. The monoisotopic (exact) mass is 506 g/mol. The molecule has 6 rings (SSSR count). The van der Waals surface area contributed by atoms with Gasteiger partial charge >= 0.3 is 0 Å². The minimum Gasteiger partial charge on any atom is -0.341 e. The average Bonchev–Trinajstić information content (AvgIpc) is 3.42. The van der Waals surface area contributed by atoms with Crippen molar-refractivity contribution in [3.63, 3.8) is 0 Å². The number of hydrogen-bond donors (Lipinski definition) is 0. The van der Waals surface area contributed by atoms with Crippen molar-refractivity contribution in [3.05, 3.63) is 108 Å². The van der Waals surface area contributed by atoms with Crippen LogP contribution in [0.25, 0.3) is 0 Å². The molecule has 0 radical (unpaired) electrons. The number of likely N-dealkylation sites (tertiary alicyclic amines) is 2. The molecule has 3 aliphatic rings. The first kappa shape index (κ1) is 25.4. The van der Waals surface area contributed by atoms with Gasteiger partial charge in [0.1, 0.15) is 0 Å². The number of carbonyl (C=O) groups is 1. The van der Waals surface area contributed by atoms with Gasteiger partial charge in [0.25, 0.3) is 0 Å². The van der Waals surface area contributed by atoms with Crippen molar-refractivity contribution >= 4 is 5.91 Å². The molecule has 1 amide bonds. The molecule has 2 unspecified atom stereocenters. The van der Waals surface area contributed by atoms with Gasteiger partial charge in [0.15, 0.2) is 0 Å². The summed E-state index contributed by atoms with van der Waals surface area (Å²) in [5.74, 6) is 2.50. The molecule has 0 N–H and O–H groups in total. The average molecular weight is 507 g/mol. The number of hydrogen-bond acceptors (Lipinski definition) is 2. The largest absolute Gasteiger partial charge is 0.341 e. The normalized spacial score (nSPS) is 26.9. The van der Waals surface area contributed by atoms with Gasteiger partial charge in [-0.2, -0.15) is 0 Å². The van der Waals surface area contributed by atoms with E-state index in [2.05, 4.69) is 101 Å². The van der Waals surface area contributed by atoms with E-state index in [-0.39, 0.29) is 5.92 Å². The molecule has 3 fully saturated rings. The van der Waals surface area contributed by atoms with Crippen LogP contribution in [0.5, 0.6) is 0 Å². The van der Waals surface area contributed by atoms with Gasteiger partial charge in [-0.25, -0.2) is 0 Å². The van der Waals surface area contributed by atoms with Gasteiger partial charge in [0.2, 0.25) is 5.91 Å². The Morgan fingerprint density at radius 1 is 0.632 bits per heavy atom. The molecule has 0 spiro atoms. The van der Waals surface area contributed by atoms with Gasteiger partial charge in [0.05, 0.1) is 0 Å². The van der Waals surface area contributed by atoms with Crippen molar-refractivity contribution in [2.45, 2.75) is 56.3 Å². The maximum Gasteiger partial charge on any atom is 0.226 e. The van der Waals surface area contributed by atoms with Crippen LogP contribution in [0, 0.1) is 11.8 Å². The van der Waals surface area contributed by atoms with Crippen LogP contribution in [-0.4, -0.2) is 48.4 Å². The predicted molar refractivity (Wildman–Crippen MR) is 155 cm³/mol. The summed E-state index contributed by atoms with van der Waals surface area (Å²) in [6, 6.07) is 32.8. The second-order valence-electron chi connectivity index (χ2n) is 11.9. The van der Waals surface area contributed by atoms with Crippen LogP contribution in [-0.2, 0) is 4.79 Å². The van der Waals surface area contributed by atoms with E-state index in [4.69, 9.17) is 0 Å². The third kappa shape index (κ3) is 5.59. The third-order valence-electron chi connectivity index (χ3n) is 9.64. The highest BCUT2D eigenvalue weighted by Gasteiger charge is 2.41. The minimum atomic E-state index is 0.128. The van der Waals surface area contributed by atoms with Gasteiger partial charge in [-0.1, -0.05) is 104 Å². The summed E-state index contributed by atoms with van der Waals surface area (Å²) in [4.78, 5) is 19.0. The molecule has 2 saturated heterocycles. The summed E-state index contributed by atoms with van der Waals surface area (Å²) in [6.07, 6.45) is 7.04. The summed E-state index contributed by atoms with van der Waals surface area (Å²) in [6.45, 7) is 5.17. The lowest BCUT2D eigenvalue weighted by Gasteiger charge is -2.35. The maximum atomic E-state index is 14.1. The van der Waals surface area contributed by atoms with Crippen LogP contribution in [0.2, 0.25) is 0 Å². The highest BCUT2D eigenvalue weighted by atomic mass is 16.2. The topological polar surface area (TPSA) is 23.6 Å². The molecule has 3 aromatic carbocycles. The quantitative estimate of drug-likeness (QED) is 0.357. The summed E-state index contributed by atoms with van der Waals surface area (Å²) < 4.78 is 0. The van der Waals surface area contributed by atoms with Crippen molar-refractivity contribution in [2.75, 3.05) is 32.7 Å². The lowest BCUT2D eigenvalue weighted by molar-refractivity contribution is -0.136. The first-order valence-electron chi connectivity index (χ1n) is 14.9. The molecule has 2 heterocycles. The smallest absolute Gasteiger partial charge is 0.226 e. The number of rotatable bonds is 6. The van der Waals surface area contributed by atoms with E-state index in [1.165, 1.54) is 42.4 Å². The molecule has 198 valence electrons. The van der Waals surface area contributed by atoms with Gasteiger partial charge in [-0.15, -0.1) is 0 Å². The van der Waals surface area contributed by atoms with Crippen LogP contribution in [0.3, 0.4) is 0 Å². The van der Waals surface area contributed by atoms with Gasteiger partial charge in [0, 0.05) is 31.5 Å². The first-order chi connectivity index (χ1) is 18.8. The number of nitrogens with zero attached hydrogens (tertiary/aromatic N) is 2. The highest BCUT2D eigenvalue weighted by Crippen LogP contribution is 2.41. The zero-order valence-electron chi connectivity index (χ0n) is 22.6. The molecule has 1 saturated carbocycles. The van der Waals surface area contributed by atoms with E-state index in [9.17, 15) is 4.79 Å². The second kappa shape index (κ2) is 11.9. The SMILES string of the molecule is O=C([C@H]1CCCC[C@@H]1c1ccccc1)N1CC(CN2CCC(c3ccccc3)CC2)C(c2ccccc2)C1. The van der Waals surface area contributed by atoms with Gasteiger partial charge in [-0.3, -0.25) is 4.79 Å². The standard InChI is InChI=1S/C35H42N2O/c38-35(33-19-11-10-18-32(33)29-14-6-2-7-15-29)37-25-31(34(26-37)30-16-8-3-9-17-30)24-36-22-20-28(21-23-36)27-12-4-1-5-13-27/h1-9,12-17,28,31-34H,10-11,18-26H2/t31?,32-,33+,34?/m1/s1. The number of benzene rings is 3. The Balaban J connectivity index is 1.15. The molecule has 1 aliphatic carbocycles. The molecule has 38 heavy (non-hydrogen) atoms. The van der Waals surface area contributed by atoms with Crippen molar-refractivity contribution < 1.29 is 4.79 Å². The molecule has 2 aliphatic heterocycles. The number of piperidine rings is 1. The number of carbonyl (C=O) groups excluding carboxylic acids is 1. The Hall–Kier alpha value is -2.91. The van der Waals surface area contributed by atoms with E-state index < -0.39 is 0 Å². The van der Waals surface area contributed by atoms with Gasteiger partial charge in [-0.05, 0) is 73.2 Å². The van der Waals surface area contributed by atoms with Gasteiger partial charge < -0.3 is 9.80 Å². The predicted octanol–water partition coefficient (Wildman–Crippen LogP) is 7.08. The second-order valence-corrected chi connectivity index (χ2v) is 11.9. The van der Waals surface area contributed by atoms with Crippen molar-refractivity contribution in [1.82, 2.24) is 9.80 Å². The lowest BCUT2D eigenvalue weighted by Crippen LogP contribution is -2.40. The van der Waals surface area contributed by atoms with Crippen LogP contribution in [0.15, 0.2) is 91.0 Å². The van der Waals surface area contributed by atoms with Crippen molar-refractivity contribution in [3.8, 4) is 0 Å². The Morgan fingerprint density at radius 2 is 1.18 bits per heavy atom. The summed E-state index contributed by atoms with van der Waals surface area (Å²) >= 11 is 0. The highest BCUT2D eigenvalue weighted by molar-refractivity contribution is 5.80. The Bertz CT molecular complexity index is 1160. The Labute approximate surface area is 228 Å². The van der Waals surface area contributed by atoms with Crippen LogP contribution in [0.4, 0.5) is 0 Å². The van der Waals surface area contributed by atoms with Crippen LogP contribution >= 0.6 is 0 Å². The summed E-state index contributed by atoms with van der Waals surface area (Å²) in [5.41, 5.74) is 4.24. The molecule has 0 bridgehead atoms. The summed E-state index contributed by atoms with van der Waals surface area (Å²) in [5, 5.41) is 0. The Morgan fingerprint density at radius 3 is 1.82 bits per heavy atom. The fraction of sp³-hybridized carbons (Fsp3) is 0.457. The molecular weight excluding hydrogens is 464 g/mol. The zero-order chi connectivity index (χ0) is 25.7. The van der Waals surface area contributed by atoms with E-state index in [1.807, 2.05) is 0 Å². The fourth-order valence-corrected chi connectivity index (χ4v) is 7.58. The lowest BCUT2D eigenvalue weighted by atomic mass is 9.75. The zero-order valence-corrected chi connectivity index (χ0v) is 22.6. The molecule has 3 aromatic rings. The van der Waals surface area contributed by atoms with Crippen LogP contribution < -0.4 is 0 Å². The van der Waals surface area contributed by atoms with E-state index in [0.29, 0.717) is 29.6 Å². The minimum absolute atomic E-state index is 0.128. The Kier molecular flexibility index (Phi) is 7.92. The molecule has 3 heteroatoms. The molecule has 3 nitrogen and oxygen atoms in total. The summed E-state index contributed by atoms with van der Waals surface area (Å²) in [7, 11) is 0. The molecule has 4 atom stereocenters. The first-order valence-corrected chi connectivity index (χ1v) is 14.9. The van der Waals surface area contributed by atoms with Crippen molar-refractivity contribution in [2.24, 2.45) is 11.8 Å². The van der Waals surface area contributed by atoms with Crippen LogP contribution in [0.1, 0.15) is 73.0 Å². The molecule has 0 aromatic heterocycles.